The summed E-state index contributed by atoms with van der Waals surface area (Å²) < 4.78 is 1.13. The van der Waals surface area contributed by atoms with E-state index in [9.17, 15) is 0 Å². The van der Waals surface area contributed by atoms with E-state index in [-0.39, 0.29) is 5.95 Å². The van der Waals surface area contributed by atoms with Gasteiger partial charge in [-0.25, -0.2) is 0 Å². The zero-order valence-corrected chi connectivity index (χ0v) is 14.1. The first kappa shape index (κ1) is 15.6. The van der Waals surface area contributed by atoms with Crippen LogP contribution in [0.5, 0.6) is 0 Å². The van der Waals surface area contributed by atoms with Crippen LogP contribution in [0.25, 0.3) is 0 Å². The molecule has 0 bridgehead atoms. The Morgan fingerprint density at radius 1 is 1.10 bits per heavy atom. The van der Waals surface area contributed by atoms with E-state index in [1.807, 2.05) is 6.07 Å². The Balaban J connectivity index is 2.24. The summed E-state index contributed by atoms with van der Waals surface area (Å²) in [5.74, 6) is 1.67. The third-order valence-electron chi connectivity index (χ3n) is 3.01. The van der Waals surface area contributed by atoms with Gasteiger partial charge >= 0.3 is 0 Å². The molecule has 4 N–H and O–H groups in total. The van der Waals surface area contributed by atoms with Crippen molar-refractivity contribution in [1.82, 2.24) is 9.97 Å². The molecule has 6 heteroatoms. The lowest BCUT2D eigenvalue weighted by atomic mass is 10.1. The zero-order chi connectivity index (χ0) is 15.4. The summed E-state index contributed by atoms with van der Waals surface area (Å²) >= 11 is 3.57. The monoisotopic (exact) mass is 349 g/mol. The van der Waals surface area contributed by atoms with E-state index >= 15 is 0 Å². The summed E-state index contributed by atoms with van der Waals surface area (Å²) in [4.78, 5) is 8.39. The van der Waals surface area contributed by atoms with Crippen LogP contribution in [0.15, 0.2) is 22.7 Å². The standard InChI is InChI=1S/C15H20BrN5/c1-4-5-18-12-8-13(21-15(17)20-12)19-11-6-9(2)14(16)10(3)7-11/h6-8H,4-5H2,1-3H3,(H4,17,18,19,20,21). The molecule has 5 nitrogen and oxygen atoms in total. The molecule has 0 atom stereocenters. The number of rotatable bonds is 5. The van der Waals surface area contributed by atoms with Crippen molar-refractivity contribution < 1.29 is 0 Å². The number of nitrogens with zero attached hydrogens (tertiary/aromatic N) is 2. The summed E-state index contributed by atoms with van der Waals surface area (Å²) in [5.41, 5.74) is 9.08. The molecule has 0 spiro atoms. The number of nitrogens with two attached hydrogens (primary N) is 1. The number of aryl methyl sites for hydroxylation is 2. The third kappa shape index (κ3) is 4.07. The van der Waals surface area contributed by atoms with E-state index in [0.29, 0.717) is 5.82 Å². The number of nitrogen functional groups attached to an aromatic ring is 1. The Labute approximate surface area is 133 Å². The average Bonchev–Trinajstić information content (AvgIpc) is 2.42. The molecule has 21 heavy (non-hydrogen) atoms. The maximum Gasteiger partial charge on any atom is 0.223 e. The molecule has 2 aromatic rings. The normalized spacial score (nSPS) is 10.5. The van der Waals surface area contributed by atoms with Crippen molar-refractivity contribution in [3.63, 3.8) is 0 Å². The molecular formula is C15H20BrN5. The molecule has 0 aliphatic heterocycles. The first-order valence-electron chi connectivity index (χ1n) is 6.91. The van der Waals surface area contributed by atoms with Crippen LogP contribution in [0.3, 0.4) is 0 Å². The van der Waals surface area contributed by atoms with Crippen LogP contribution in [0.1, 0.15) is 24.5 Å². The number of halogens is 1. The number of nitrogens with one attached hydrogen (secondary N) is 2. The Morgan fingerprint density at radius 2 is 1.71 bits per heavy atom. The van der Waals surface area contributed by atoms with Crippen molar-refractivity contribution >= 4 is 39.2 Å². The lowest BCUT2D eigenvalue weighted by Crippen LogP contribution is -2.07. The van der Waals surface area contributed by atoms with E-state index < -0.39 is 0 Å². The van der Waals surface area contributed by atoms with Crippen molar-refractivity contribution in [2.75, 3.05) is 22.9 Å². The Hall–Kier alpha value is -1.82. The molecule has 0 amide bonds. The second kappa shape index (κ2) is 6.76. The predicted octanol–water partition coefficient (Wildman–Crippen LogP) is 4.00. The number of benzene rings is 1. The molecule has 1 aromatic carbocycles. The second-order valence-corrected chi connectivity index (χ2v) is 5.77. The van der Waals surface area contributed by atoms with Crippen molar-refractivity contribution in [3.05, 3.63) is 33.8 Å². The van der Waals surface area contributed by atoms with Crippen molar-refractivity contribution in [2.45, 2.75) is 27.2 Å². The van der Waals surface area contributed by atoms with Crippen LogP contribution in [-0.4, -0.2) is 16.5 Å². The van der Waals surface area contributed by atoms with Crippen LogP contribution < -0.4 is 16.4 Å². The van der Waals surface area contributed by atoms with E-state index in [2.05, 4.69) is 69.4 Å². The quantitative estimate of drug-likeness (QED) is 0.760. The highest BCUT2D eigenvalue weighted by Gasteiger charge is 2.06. The van der Waals surface area contributed by atoms with Gasteiger partial charge in [0.15, 0.2) is 0 Å². The van der Waals surface area contributed by atoms with Gasteiger partial charge in [0.2, 0.25) is 5.95 Å². The molecule has 0 unspecified atom stereocenters. The lowest BCUT2D eigenvalue weighted by Gasteiger charge is -2.12. The van der Waals surface area contributed by atoms with Gasteiger partial charge in [-0.05, 0) is 43.5 Å². The summed E-state index contributed by atoms with van der Waals surface area (Å²) in [6, 6.07) is 5.99. The number of hydrogen-bond donors (Lipinski definition) is 3. The minimum absolute atomic E-state index is 0.254. The lowest BCUT2D eigenvalue weighted by molar-refractivity contribution is 0.967. The van der Waals surface area contributed by atoms with Gasteiger partial charge in [0.25, 0.3) is 0 Å². The van der Waals surface area contributed by atoms with Gasteiger partial charge in [-0.3, -0.25) is 0 Å². The smallest absolute Gasteiger partial charge is 0.223 e. The van der Waals surface area contributed by atoms with E-state index in [1.54, 1.807) is 0 Å². The largest absolute Gasteiger partial charge is 0.370 e. The molecule has 2 rings (SSSR count). The molecule has 0 aliphatic carbocycles. The van der Waals surface area contributed by atoms with Gasteiger partial charge in [-0.1, -0.05) is 22.9 Å². The van der Waals surface area contributed by atoms with Gasteiger partial charge in [0.05, 0.1) is 0 Å². The van der Waals surface area contributed by atoms with E-state index in [0.717, 1.165) is 28.9 Å². The fourth-order valence-corrected chi connectivity index (χ4v) is 2.27. The Morgan fingerprint density at radius 3 is 2.33 bits per heavy atom. The Bertz CT molecular complexity index is 619. The highest BCUT2D eigenvalue weighted by molar-refractivity contribution is 9.10. The first-order chi connectivity index (χ1) is 9.99. The molecular weight excluding hydrogens is 330 g/mol. The van der Waals surface area contributed by atoms with Gasteiger partial charge in [-0.2, -0.15) is 9.97 Å². The van der Waals surface area contributed by atoms with Crippen molar-refractivity contribution in [2.24, 2.45) is 0 Å². The van der Waals surface area contributed by atoms with E-state index in [4.69, 9.17) is 5.73 Å². The van der Waals surface area contributed by atoms with Crippen LogP contribution in [-0.2, 0) is 0 Å². The second-order valence-electron chi connectivity index (χ2n) is 4.97. The maximum absolute atomic E-state index is 5.76. The predicted molar refractivity (Wildman–Crippen MR) is 92.1 cm³/mol. The summed E-state index contributed by atoms with van der Waals surface area (Å²) in [6.45, 7) is 7.08. The van der Waals surface area contributed by atoms with Gasteiger partial charge < -0.3 is 16.4 Å². The molecule has 0 fully saturated rings. The van der Waals surface area contributed by atoms with Crippen LogP contribution in [0.4, 0.5) is 23.3 Å². The number of anilines is 4. The van der Waals surface area contributed by atoms with Crippen LogP contribution in [0, 0.1) is 13.8 Å². The maximum atomic E-state index is 5.76. The van der Waals surface area contributed by atoms with Crippen LogP contribution >= 0.6 is 15.9 Å². The molecule has 1 heterocycles. The fraction of sp³-hybridized carbons (Fsp3) is 0.333. The SMILES string of the molecule is CCCNc1cc(Nc2cc(C)c(Br)c(C)c2)nc(N)n1. The topological polar surface area (TPSA) is 75.9 Å². The molecule has 0 saturated carbocycles. The summed E-state index contributed by atoms with van der Waals surface area (Å²) in [7, 11) is 0. The molecule has 0 saturated heterocycles. The zero-order valence-electron chi connectivity index (χ0n) is 12.5. The number of hydrogen-bond acceptors (Lipinski definition) is 5. The number of aromatic nitrogens is 2. The van der Waals surface area contributed by atoms with Gasteiger partial charge in [-0.15, -0.1) is 0 Å². The average molecular weight is 350 g/mol. The Kier molecular flexibility index (Phi) is 5.01. The third-order valence-corrected chi connectivity index (χ3v) is 4.26. The minimum atomic E-state index is 0.254. The fourth-order valence-electron chi connectivity index (χ4n) is 2.04. The minimum Gasteiger partial charge on any atom is -0.370 e. The van der Waals surface area contributed by atoms with Gasteiger partial charge in [0.1, 0.15) is 11.6 Å². The molecule has 1 aromatic heterocycles. The summed E-state index contributed by atoms with van der Waals surface area (Å²) in [5, 5.41) is 6.49. The highest BCUT2D eigenvalue weighted by atomic mass is 79.9. The summed E-state index contributed by atoms with van der Waals surface area (Å²) in [6.07, 6.45) is 1.03. The molecule has 112 valence electrons. The molecule has 0 aliphatic rings. The van der Waals surface area contributed by atoms with Crippen molar-refractivity contribution in [3.8, 4) is 0 Å². The molecule has 0 radical (unpaired) electrons. The van der Waals surface area contributed by atoms with Gasteiger partial charge in [0, 0.05) is 22.8 Å². The van der Waals surface area contributed by atoms with Crippen molar-refractivity contribution in [1.29, 1.82) is 0 Å². The van der Waals surface area contributed by atoms with E-state index in [1.165, 1.54) is 11.1 Å². The van der Waals surface area contributed by atoms with Crippen LogP contribution in [0.2, 0.25) is 0 Å². The first-order valence-corrected chi connectivity index (χ1v) is 7.71. The highest BCUT2D eigenvalue weighted by Crippen LogP contribution is 2.27.